The fourth-order valence-corrected chi connectivity index (χ4v) is 1.47. The SMILES string of the molecule is Cl.[2H]C1([2H])NCC(C)c2ccccc2C1([2H])[2H]. The fraction of sp³-hybridized carbons (Fsp3) is 0.455. The van der Waals surface area contributed by atoms with E-state index in [1.807, 2.05) is 19.1 Å². The molecule has 2 rings (SSSR count). The molecule has 1 aliphatic heterocycles. The molecule has 0 amide bonds. The van der Waals surface area contributed by atoms with E-state index in [1.165, 1.54) is 0 Å². The van der Waals surface area contributed by atoms with Gasteiger partial charge in [-0.1, -0.05) is 31.2 Å². The molecule has 0 radical (unpaired) electrons. The molecule has 0 spiro atoms. The second kappa shape index (κ2) is 4.64. The molecule has 0 saturated heterocycles. The lowest BCUT2D eigenvalue weighted by Gasteiger charge is -2.10. The van der Waals surface area contributed by atoms with Crippen LogP contribution in [0.4, 0.5) is 0 Å². The third-order valence-electron chi connectivity index (χ3n) is 2.19. The lowest BCUT2D eigenvalue weighted by Crippen LogP contribution is -2.18. The quantitative estimate of drug-likeness (QED) is 0.680. The van der Waals surface area contributed by atoms with Crippen LogP contribution in [0, 0.1) is 0 Å². The molecule has 1 unspecified atom stereocenters. The topological polar surface area (TPSA) is 12.0 Å². The van der Waals surface area contributed by atoms with Crippen LogP contribution in [-0.4, -0.2) is 13.0 Å². The first-order valence-electron chi connectivity index (χ1n) is 6.21. The number of nitrogens with one attached hydrogen (secondary N) is 1. The molecular formula is C11H16ClN. The van der Waals surface area contributed by atoms with Gasteiger partial charge in [0, 0.05) is 12.0 Å². The Labute approximate surface area is 91.6 Å². The number of halogens is 1. The third-order valence-corrected chi connectivity index (χ3v) is 2.19. The van der Waals surface area contributed by atoms with Crippen LogP contribution in [-0.2, 0) is 6.37 Å². The Bertz CT molecular complexity index is 408. The summed E-state index contributed by atoms with van der Waals surface area (Å²) in [6.45, 7) is 0.390. The number of fused-ring (bicyclic) bond motifs is 1. The Kier molecular flexibility index (Phi) is 2.16. The van der Waals surface area contributed by atoms with Gasteiger partial charge >= 0.3 is 0 Å². The summed E-state index contributed by atoms with van der Waals surface area (Å²) in [5.41, 5.74) is 1.35. The van der Waals surface area contributed by atoms with E-state index < -0.39 is 12.9 Å². The van der Waals surface area contributed by atoms with E-state index in [9.17, 15) is 0 Å². The first-order valence-corrected chi connectivity index (χ1v) is 4.21. The number of aryl methyl sites for hydroxylation is 1. The molecule has 0 saturated carbocycles. The minimum Gasteiger partial charge on any atom is -0.316 e. The van der Waals surface area contributed by atoms with E-state index >= 15 is 0 Å². The second-order valence-electron chi connectivity index (χ2n) is 3.12. The largest absolute Gasteiger partial charge is 0.316 e. The molecule has 0 aromatic heterocycles. The summed E-state index contributed by atoms with van der Waals surface area (Å²) in [7, 11) is 0. The molecule has 13 heavy (non-hydrogen) atoms. The molecule has 2 heteroatoms. The highest BCUT2D eigenvalue weighted by Gasteiger charge is 2.12. The summed E-state index contributed by atoms with van der Waals surface area (Å²) in [6, 6.07) is 7.18. The molecule has 0 fully saturated rings. The van der Waals surface area contributed by atoms with E-state index in [0.29, 0.717) is 12.1 Å². The van der Waals surface area contributed by atoms with Gasteiger partial charge in [-0.3, -0.25) is 0 Å². The Hall–Kier alpha value is -0.530. The minimum absolute atomic E-state index is 0. The van der Waals surface area contributed by atoms with Gasteiger partial charge in [-0.05, 0) is 29.9 Å². The zero-order chi connectivity index (χ0) is 12.0. The highest BCUT2D eigenvalue weighted by molar-refractivity contribution is 5.85. The van der Waals surface area contributed by atoms with Crippen molar-refractivity contribution in [3.63, 3.8) is 0 Å². The summed E-state index contributed by atoms with van der Waals surface area (Å²) < 4.78 is 31.5. The smallest absolute Gasteiger partial charge is 0.0431 e. The number of benzene rings is 1. The van der Waals surface area contributed by atoms with Gasteiger partial charge in [-0.2, -0.15) is 0 Å². The van der Waals surface area contributed by atoms with Crippen molar-refractivity contribution in [2.75, 3.05) is 13.0 Å². The van der Waals surface area contributed by atoms with Gasteiger partial charge in [-0.15, -0.1) is 12.4 Å². The van der Waals surface area contributed by atoms with E-state index in [0.717, 1.165) is 5.56 Å². The van der Waals surface area contributed by atoms with E-state index in [4.69, 9.17) is 5.48 Å². The van der Waals surface area contributed by atoms with Crippen molar-refractivity contribution in [3.05, 3.63) is 35.4 Å². The van der Waals surface area contributed by atoms with Crippen LogP contribution >= 0.6 is 12.4 Å². The average Bonchev–Trinajstić information content (AvgIpc) is 2.30. The van der Waals surface area contributed by atoms with Gasteiger partial charge in [0.25, 0.3) is 0 Å². The van der Waals surface area contributed by atoms with Gasteiger partial charge in [0.05, 0.1) is 0 Å². The molecule has 1 heterocycles. The molecule has 0 aliphatic carbocycles. The maximum atomic E-state index is 7.97. The van der Waals surface area contributed by atoms with Crippen molar-refractivity contribution < 1.29 is 5.48 Å². The van der Waals surface area contributed by atoms with Gasteiger partial charge in [-0.25, -0.2) is 0 Å². The summed E-state index contributed by atoms with van der Waals surface area (Å²) in [5, 5.41) is 2.67. The highest BCUT2D eigenvalue weighted by Crippen LogP contribution is 2.21. The van der Waals surface area contributed by atoms with E-state index in [1.54, 1.807) is 12.1 Å². The normalized spacial score (nSPS) is 33.5. The third kappa shape index (κ3) is 2.23. The maximum Gasteiger partial charge on any atom is 0.0431 e. The monoisotopic (exact) mass is 201 g/mol. The Morgan fingerprint density at radius 3 is 3.08 bits per heavy atom. The fourth-order valence-electron chi connectivity index (χ4n) is 1.47. The predicted octanol–water partition coefficient (Wildman–Crippen LogP) is 2.36. The molecule has 1 nitrogen and oxygen atoms in total. The van der Waals surface area contributed by atoms with Crippen molar-refractivity contribution in [3.8, 4) is 0 Å². The van der Waals surface area contributed by atoms with E-state index in [-0.39, 0.29) is 18.3 Å². The summed E-state index contributed by atoms with van der Waals surface area (Å²) >= 11 is 0. The standard InChI is InChI=1S/C11H15N.ClH/c1-9-8-12-7-6-10-4-2-3-5-11(9)10;/h2-5,9,12H,6-8H2,1H3;1H/i6D2,7D2;. The minimum atomic E-state index is -2.03. The van der Waals surface area contributed by atoms with Crippen LogP contribution in [0.3, 0.4) is 0 Å². The lowest BCUT2D eigenvalue weighted by molar-refractivity contribution is 0.644. The van der Waals surface area contributed by atoms with Crippen LogP contribution in [0.2, 0.25) is 0 Å². The van der Waals surface area contributed by atoms with Crippen molar-refractivity contribution in [1.82, 2.24) is 5.32 Å². The van der Waals surface area contributed by atoms with Gasteiger partial charge in [0.1, 0.15) is 0 Å². The Morgan fingerprint density at radius 2 is 2.23 bits per heavy atom. The van der Waals surface area contributed by atoms with Gasteiger partial charge < -0.3 is 5.32 Å². The predicted molar refractivity (Wildman–Crippen MR) is 58.7 cm³/mol. The van der Waals surface area contributed by atoms with Crippen molar-refractivity contribution in [2.24, 2.45) is 0 Å². The number of rotatable bonds is 0. The first-order chi connectivity index (χ1) is 7.36. The zero-order valence-electron chi connectivity index (χ0n) is 11.5. The molecule has 1 N–H and O–H groups in total. The molecule has 1 aromatic carbocycles. The van der Waals surface area contributed by atoms with Gasteiger partial charge in [0.2, 0.25) is 0 Å². The van der Waals surface area contributed by atoms with Gasteiger partial charge in [0.15, 0.2) is 0 Å². The molecule has 72 valence electrons. The van der Waals surface area contributed by atoms with Crippen molar-refractivity contribution in [2.45, 2.75) is 19.2 Å². The first kappa shape index (κ1) is 6.05. The molecule has 1 atom stereocenters. The molecule has 0 bridgehead atoms. The van der Waals surface area contributed by atoms with Crippen LogP contribution < -0.4 is 5.32 Å². The van der Waals surface area contributed by atoms with Crippen molar-refractivity contribution >= 4 is 12.4 Å². The van der Waals surface area contributed by atoms with Crippen LogP contribution in [0.25, 0.3) is 0 Å². The van der Waals surface area contributed by atoms with Crippen LogP contribution in [0.15, 0.2) is 24.3 Å². The Balaban J connectivity index is 0.00000144. The van der Waals surface area contributed by atoms with E-state index in [2.05, 4.69) is 5.32 Å². The second-order valence-corrected chi connectivity index (χ2v) is 3.12. The summed E-state index contributed by atoms with van der Waals surface area (Å²) in [4.78, 5) is 0. The molecular weight excluding hydrogens is 182 g/mol. The molecule has 1 aromatic rings. The van der Waals surface area contributed by atoms with Crippen LogP contribution in [0.1, 0.15) is 29.5 Å². The van der Waals surface area contributed by atoms with Crippen molar-refractivity contribution in [1.29, 1.82) is 0 Å². The molecule has 1 aliphatic rings. The number of hydrogen-bond donors (Lipinski definition) is 1. The lowest BCUT2D eigenvalue weighted by atomic mass is 9.96. The maximum absolute atomic E-state index is 7.97. The highest BCUT2D eigenvalue weighted by atomic mass is 35.5. The summed E-state index contributed by atoms with van der Waals surface area (Å²) in [5.74, 6) is 0.115. The van der Waals surface area contributed by atoms with Crippen LogP contribution in [0.5, 0.6) is 0 Å². The average molecular weight is 202 g/mol. The zero-order valence-corrected chi connectivity index (χ0v) is 8.32. The Morgan fingerprint density at radius 1 is 1.46 bits per heavy atom. The summed E-state index contributed by atoms with van der Waals surface area (Å²) in [6.07, 6.45) is -2.01. The number of hydrogen-bond acceptors (Lipinski definition) is 1.